The van der Waals surface area contributed by atoms with Crippen LogP contribution in [0.25, 0.3) is 0 Å². The molecular formula is C17H25O3P. The van der Waals surface area contributed by atoms with Crippen LogP contribution in [-0.2, 0) is 20.3 Å². The molecule has 1 aliphatic rings. The van der Waals surface area contributed by atoms with Gasteiger partial charge in [0.25, 0.3) is 0 Å². The summed E-state index contributed by atoms with van der Waals surface area (Å²) in [7, 11) is -2.08. The van der Waals surface area contributed by atoms with E-state index in [2.05, 4.69) is 12.1 Å². The molecule has 1 atom stereocenters. The first-order valence-corrected chi connectivity index (χ1v) is 10.5. The predicted molar refractivity (Wildman–Crippen MR) is 86.3 cm³/mol. The third-order valence-electron chi connectivity index (χ3n) is 3.83. The number of carbonyl (C=O) groups excluding carboxylic acids is 1. The van der Waals surface area contributed by atoms with Crippen molar-refractivity contribution >= 4 is 13.1 Å². The van der Waals surface area contributed by atoms with Crippen LogP contribution in [0, 0.1) is 5.92 Å². The Balaban J connectivity index is 2.14. The van der Waals surface area contributed by atoms with Gasteiger partial charge in [0.15, 0.2) is 0 Å². The second-order valence-corrected chi connectivity index (χ2v) is 9.89. The van der Waals surface area contributed by atoms with Gasteiger partial charge in [0.1, 0.15) is 0 Å². The van der Waals surface area contributed by atoms with Gasteiger partial charge in [0, 0.05) is 6.16 Å². The summed E-state index contributed by atoms with van der Waals surface area (Å²) in [6.07, 6.45) is 3.46. The van der Waals surface area contributed by atoms with Gasteiger partial charge < -0.3 is 9.30 Å². The van der Waals surface area contributed by atoms with E-state index in [9.17, 15) is 9.36 Å². The number of ether oxygens (including phenoxy) is 1. The van der Waals surface area contributed by atoms with Crippen molar-refractivity contribution < 1.29 is 14.1 Å². The van der Waals surface area contributed by atoms with Crippen molar-refractivity contribution in [3.8, 4) is 0 Å². The summed E-state index contributed by atoms with van der Waals surface area (Å²) in [6, 6.07) is 8.25. The SMILES string of the molecule is CCOC(=O)C[C@H](c1cccc(CP(C)(C)=O)c1)C1CC1. The molecule has 21 heavy (non-hydrogen) atoms. The summed E-state index contributed by atoms with van der Waals surface area (Å²) < 4.78 is 17.1. The molecule has 1 saturated carbocycles. The molecule has 116 valence electrons. The van der Waals surface area contributed by atoms with E-state index in [1.54, 1.807) is 0 Å². The number of rotatable bonds is 7. The van der Waals surface area contributed by atoms with Crippen molar-refractivity contribution in [3.63, 3.8) is 0 Å². The van der Waals surface area contributed by atoms with Gasteiger partial charge in [-0.25, -0.2) is 0 Å². The van der Waals surface area contributed by atoms with Crippen molar-refractivity contribution in [3.05, 3.63) is 35.4 Å². The van der Waals surface area contributed by atoms with Crippen LogP contribution in [0.3, 0.4) is 0 Å². The second kappa shape index (κ2) is 6.79. The fourth-order valence-corrected chi connectivity index (χ4v) is 3.89. The lowest BCUT2D eigenvalue weighted by Crippen LogP contribution is -2.12. The summed E-state index contributed by atoms with van der Waals surface area (Å²) in [4.78, 5) is 11.8. The van der Waals surface area contributed by atoms with Gasteiger partial charge in [-0.1, -0.05) is 24.3 Å². The number of hydrogen-bond donors (Lipinski definition) is 0. The first-order chi connectivity index (χ1) is 9.89. The third-order valence-corrected chi connectivity index (χ3v) is 4.95. The quantitative estimate of drug-likeness (QED) is 0.558. The maximum atomic E-state index is 12.0. The maximum absolute atomic E-state index is 12.0. The lowest BCUT2D eigenvalue weighted by molar-refractivity contribution is -0.143. The molecule has 2 rings (SSSR count). The Morgan fingerprint density at radius 1 is 1.38 bits per heavy atom. The van der Waals surface area contributed by atoms with E-state index in [1.165, 1.54) is 18.4 Å². The summed E-state index contributed by atoms with van der Waals surface area (Å²) in [5.74, 6) is 0.730. The Hall–Kier alpha value is -1.08. The summed E-state index contributed by atoms with van der Waals surface area (Å²) in [5.41, 5.74) is 2.30. The zero-order chi connectivity index (χ0) is 15.5. The minimum absolute atomic E-state index is 0.114. The van der Waals surface area contributed by atoms with Crippen LogP contribution in [0.15, 0.2) is 24.3 Å². The topological polar surface area (TPSA) is 43.4 Å². The van der Waals surface area contributed by atoms with Crippen LogP contribution in [0.2, 0.25) is 0 Å². The molecule has 0 bridgehead atoms. The molecule has 0 spiro atoms. The summed E-state index contributed by atoms with van der Waals surface area (Å²) in [6.45, 7) is 5.91. The molecule has 0 radical (unpaired) electrons. The normalized spacial score (nSPS) is 16.5. The van der Waals surface area contributed by atoms with Crippen LogP contribution in [0.1, 0.15) is 43.2 Å². The average molecular weight is 308 g/mol. The highest BCUT2D eigenvalue weighted by atomic mass is 31.2. The van der Waals surface area contributed by atoms with Crippen LogP contribution in [0.5, 0.6) is 0 Å². The van der Waals surface area contributed by atoms with E-state index in [0.717, 1.165) is 5.56 Å². The highest BCUT2D eigenvalue weighted by molar-refractivity contribution is 7.61. The Morgan fingerprint density at radius 2 is 2.10 bits per heavy atom. The van der Waals surface area contributed by atoms with Crippen LogP contribution in [0.4, 0.5) is 0 Å². The molecule has 1 aliphatic carbocycles. The Morgan fingerprint density at radius 3 is 2.67 bits per heavy atom. The Kier molecular flexibility index (Phi) is 5.27. The molecule has 0 unspecified atom stereocenters. The van der Waals surface area contributed by atoms with Gasteiger partial charge in [0.05, 0.1) is 20.2 Å². The van der Waals surface area contributed by atoms with Crippen LogP contribution in [-0.4, -0.2) is 25.9 Å². The van der Waals surface area contributed by atoms with Crippen LogP contribution < -0.4 is 0 Å². The summed E-state index contributed by atoms with van der Waals surface area (Å²) >= 11 is 0. The summed E-state index contributed by atoms with van der Waals surface area (Å²) in [5, 5.41) is 0. The Labute approximate surface area is 127 Å². The second-order valence-electron chi connectivity index (χ2n) is 6.43. The van der Waals surface area contributed by atoms with E-state index < -0.39 is 7.14 Å². The van der Waals surface area contributed by atoms with Gasteiger partial charge in [0.2, 0.25) is 0 Å². The largest absolute Gasteiger partial charge is 0.466 e. The highest BCUT2D eigenvalue weighted by Crippen LogP contribution is 2.46. The van der Waals surface area contributed by atoms with E-state index in [0.29, 0.717) is 25.1 Å². The fourth-order valence-electron chi connectivity index (χ4n) is 2.82. The zero-order valence-electron chi connectivity index (χ0n) is 13.2. The average Bonchev–Trinajstić information content (AvgIpc) is 3.18. The lowest BCUT2D eigenvalue weighted by atomic mass is 9.90. The number of carbonyl (C=O) groups is 1. The first kappa shape index (κ1) is 16.3. The van der Waals surface area contributed by atoms with Gasteiger partial charge in [-0.15, -0.1) is 0 Å². The van der Waals surface area contributed by atoms with Crippen LogP contribution >= 0.6 is 7.14 Å². The van der Waals surface area contributed by atoms with Gasteiger partial charge in [-0.2, -0.15) is 0 Å². The minimum atomic E-state index is -2.08. The molecule has 3 nitrogen and oxygen atoms in total. The number of hydrogen-bond acceptors (Lipinski definition) is 3. The lowest BCUT2D eigenvalue weighted by Gasteiger charge is -2.17. The van der Waals surface area contributed by atoms with Crippen molar-refractivity contribution in [2.24, 2.45) is 5.92 Å². The van der Waals surface area contributed by atoms with Gasteiger partial charge in [-0.05, 0) is 56.1 Å². The molecule has 0 aliphatic heterocycles. The van der Waals surface area contributed by atoms with Crippen molar-refractivity contribution in [1.82, 2.24) is 0 Å². The highest BCUT2D eigenvalue weighted by Gasteiger charge is 2.34. The predicted octanol–water partition coefficient (Wildman–Crippen LogP) is 4.26. The van der Waals surface area contributed by atoms with E-state index in [-0.39, 0.29) is 11.9 Å². The van der Waals surface area contributed by atoms with Crippen molar-refractivity contribution in [1.29, 1.82) is 0 Å². The standard InChI is InChI=1S/C17H25O3P/c1-4-20-17(18)11-16(14-8-9-14)15-7-5-6-13(10-15)12-21(2,3)19/h5-7,10,14,16H,4,8-9,11-12H2,1-3H3/t16-/m0/s1. The molecule has 0 aromatic heterocycles. The van der Waals surface area contributed by atoms with Gasteiger partial charge in [-0.3, -0.25) is 4.79 Å². The van der Waals surface area contributed by atoms with Gasteiger partial charge >= 0.3 is 5.97 Å². The Bertz CT molecular complexity index is 543. The first-order valence-electron chi connectivity index (χ1n) is 7.67. The monoisotopic (exact) mass is 308 g/mol. The molecule has 0 amide bonds. The molecular weight excluding hydrogens is 283 g/mol. The molecule has 0 saturated heterocycles. The molecule has 1 aromatic carbocycles. The maximum Gasteiger partial charge on any atom is 0.306 e. The molecule has 0 N–H and O–H groups in total. The molecule has 1 fully saturated rings. The smallest absolute Gasteiger partial charge is 0.306 e. The molecule has 0 heterocycles. The van der Waals surface area contributed by atoms with E-state index in [1.807, 2.05) is 32.4 Å². The van der Waals surface area contributed by atoms with Crippen molar-refractivity contribution in [2.45, 2.75) is 38.3 Å². The minimum Gasteiger partial charge on any atom is -0.466 e. The zero-order valence-corrected chi connectivity index (χ0v) is 14.1. The number of benzene rings is 1. The molecule has 4 heteroatoms. The van der Waals surface area contributed by atoms with E-state index in [4.69, 9.17) is 4.74 Å². The van der Waals surface area contributed by atoms with Crippen molar-refractivity contribution in [2.75, 3.05) is 19.9 Å². The fraction of sp³-hybridized carbons (Fsp3) is 0.588. The van der Waals surface area contributed by atoms with E-state index >= 15 is 0 Å². The number of esters is 1. The third kappa shape index (κ3) is 5.32. The molecule has 1 aromatic rings.